The Morgan fingerprint density at radius 3 is 2.55 bits per heavy atom. The monoisotopic (exact) mass is 441 g/mol. The highest BCUT2D eigenvalue weighted by Gasteiger charge is 2.25. The maximum absolute atomic E-state index is 13.2. The zero-order valence-electron chi connectivity index (χ0n) is 17.8. The molecule has 7 heteroatoms. The standard InChI is InChI=1S/C24H28ClN3O3/c1-17-4-6-18(7-5-17)21(16-27-11-13-31-14-12-27)26-24(30)19-8-9-20(25)22(15-19)28-10-2-3-23(28)29/h4-9,15,21H,2-3,10-14,16H2,1H3,(H,26,30). The summed E-state index contributed by atoms with van der Waals surface area (Å²) in [7, 11) is 0. The van der Waals surface area contributed by atoms with Crippen molar-refractivity contribution < 1.29 is 14.3 Å². The summed E-state index contributed by atoms with van der Waals surface area (Å²) >= 11 is 6.35. The Morgan fingerprint density at radius 2 is 1.87 bits per heavy atom. The number of aryl methyl sites for hydroxylation is 1. The zero-order chi connectivity index (χ0) is 21.8. The average molecular weight is 442 g/mol. The Labute approximate surface area is 188 Å². The molecular weight excluding hydrogens is 414 g/mol. The highest BCUT2D eigenvalue weighted by Crippen LogP contribution is 2.30. The van der Waals surface area contributed by atoms with E-state index in [9.17, 15) is 9.59 Å². The van der Waals surface area contributed by atoms with Crippen molar-refractivity contribution in [1.82, 2.24) is 10.2 Å². The van der Waals surface area contributed by atoms with Crippen molar-refractivity contribution in [2.24, 2.45) is 0 Å². The number of amides is 2. The fourth-order valence-electron chi connectivity index (χ4n) is 4.08. The van der Waals surface area contributed by atoms with E-state index in [0.29, 0.717) is 49.0 Å². The minimum Gasteiger partial charge on any atom is -0.379 e. The molecule has 2 aliphatic rings. The molecule has 2 amide bonds. The second-order valence-electron chi connectivity index (χ2n) is 8.16. The molecule has 2 aromatic rings. The molecule has 1 atom stereocenters. The van der Waals surface area contributed by atoms with Gasteiger partial charge in [-0.3, -0.25) is 14.5 Å². The van der Waals surface area contributed by atoms with Gasteiger partial charge in [0.1, 0.15) is 0 Å². The van der Waals surface area contributed by atoms with Gasteiger partial charge in [-0.05, 0) is 37.1 Å². The summed E-state index contributed by atoms with van der Waals surface area (Å²) in [6.07, 6.45) is 1.32. The number of morpholine rings is 1. The van der Waals surface area contributed by atoms with E-state index in [1.54, 1.807) is 23.1 Å². The van der Waals surface area contributed by atoms with E-state index in [1.807, 2.05) is 6.92 Å². The summed E-state index contributed by atoms with van der Waals surface area (Å²) in [5.41, 5.74) is 3.35. The van der Waals surface area contributed by atoms with E-state index in [4.69, 9.17) is 16.3 Å². The van der Waals surface area contributed by atoms with Crippen molar-refractivity contribution in [3.05, 3.63) is 64.2 Å². The molecule has 0 aromatic heterocycles. The summed E-state index contributed by atoms with van der Waals surface area (Å²) in [6.45, 7) is 6.50. The molecule has 2 aliphatic heterocycles. The second kappa shape index (κ2) is 9.81. The van der Waals surface area contributed by atoms with Gasteiger partial charge in [-0.1, -0.05) is 41.4 Å². The Balaban J connectivity index is 1.55. The first kappa shape index (κ1) is 21.8. The average Bonchev–Trinajstić information content (AvgIpc) is 3.20. The van der Waals surface area contributed by atoms with E-state index in [2.05, 4.69) is 34.5 Å². The van der Waals surface area contributed by atoms with Crippen molar-refractivity contribution in [2.45, 2.75) is 25.8 Å². The Bertz CT molecular complexity index is 942. The molecule has 4 rings (SSSR count). The van der Waals surface area contributed by atoms with Crippen LogP contribution >= 0.6 is 11.6 Å². The number of rotatable bonds is 6. The summed E-state index contributed by atoms with van der Waals surface area (Å²) < 4.78 is 5.46. The number of benzene rings is 2. The van der Waals surface area contributed by atoms with Crippen LogP contribution in [0.5, 0.6) is 0 Å². The van der Waals surface area contributed by atoms with Crippen LogP contribution in [0, 0.1) is 6.92 Å². The molecule has 2 saturated heterocycles. The van der Waals surface area contributed by atoms with Crippen molar-refractivity contribution in [3.8, 4) is 0 Å². The molecule has 164 valence electrons. The second-order valence-corrected chi connectivity index (χ2v) is 8.57. The van der Waals surface area contributed by atoms with Crippen molar-refractivity contribution in [2.75, 3.05) is 44.3 Å². The molecule has 0 radical (unpaired) electrons. The summed E-state index contributed by atoms with van der Waals surface area (Å²) in [5.74, 6) is -0.132. The number of nitrogens with one attached hydrogen (secondary N) is 1. The number of carbonyl (C=O) groups excluding carboxylic acids is 2. The molecule has 2 heterocycles. The van der Waals surface area contributed by atoms with Crippen molar-refractivity contribution >= 4 is 29.1 Å². The quantitative estimate of drug-likeness (QED) is 0.744. The lowest BCUT2D eigenvalue weighted by Crippen LogP contribution is -2.43. The van der Waals surface area contributed by atoms with Gasteiger partial charge in [0.25, 0.3) is 5.91 Å². The van der Waals surface area contributed by atoms with E-state index >= 15 is 0 Å². The van der Waals surface area contributed by atoms with Gasteiger partial charge < -0.3 is 15.0 Å². The predicted octanol–water partition coefficient (Wildman–Crippen LogP) is 3.58. The number of ether oxygens (including phenoxy) is 1. The maximum atomic E-state index is 13.2. The zero-order valence-corrected chi connectivity index (χ0v) is 18.5. The van der Waals surface area contributed by atoms with Gasteiger partial charge in [-0.25, -0.2) is 0 Å². The summed E-state index contributed by atoms with van der Waals surface area (Å²) in [5, 5.41) is 3.68. The molecule has 1 N–H and O–H groups in total. The van der Waals surface area contributed by atoms with E-state index < -0.39 is 0 Å². The number of anilines is 1. The molecule has 1 unspecified atom stereocenters. The van der Waals surface area contributed by atoms with Crippen molar-refractivity contribution in [3.63, 3.8) is 0 Å². The first-order valence-electron chi connectivity index (χ1n) is 10.8. The smallest absolute Gasteiger partial charge is 0.251 e. The van der Waals surface area contributed by atoms with Gasteiger partial charge in [-0.2, -0.15) is 0 Å². The number of nitrogens with zero attached hydrogens (tertiary/aromatic N) is 2. The third kappa shape index (κ3) is 5.26. The van der Waals surface area contributed by atoms with Crippen LogP contribution in [0.1, 0.15) is 40.4 Å². The normalized spacial score (nSPS) is 18.3. The van der Waals surface area contributed by atoms with Crippen LogP contribution < -0.4 is 10.2 Å². The van der Waals surface area contributed by atoms with Crippen LogP contribution in [-0.2, 0) is 9.53 Å². The number of halogens is 1. The SMILES string of the molecule is Cc1ccc(C(CN2CCOCC2)NC(=O)c2ccc(Cl)c(N3CCCC3=O)c2)cc1. The maximum Gasteiger partial charge on any atom is 0.251 e. The van der Waals surface area contributed by atoms with Crippen LogP contribution in [0.15, 0.2) is 42.5 Å². The van der Waals surface area contributed by atoms with Gasteiger partial charge in [0.15, 0.2) is 0 Å². The number of hydrogen-bond donors (Lipinski definition) is 1. The Kier molecular flexibility index (Phi) is 6.90. The number of carbonyl (C=O) groups is 2. The molecule has 6 nitrogen and oxygen atoms in total. The molecule has 0 saturated carbocycles. The Morgan fingerprint density at radius 1 is 1.13 bits per heavy atom. The van der Waals surface area contributed by atoms with Crippen LogP contribution in [0.2, 0.25) is 5.02 Å². The van der Waals surface area contributed by atoms with E-state index in [0.717, 1.165) is 25.1 Å². The van der Waals surface area contributed by atoms with Gasteiger partial charge in [0.2, 0.25) is 5.91 Å². The van der Waals surface area contributed by atoms with Crippen LogP contribution in [0.3, 0.4) is 0 Å². The lowest BCUT2D eigenvalue weighted by atomic mass is 10.0. The van der Waals surface area contributed by atoms with E-state index in [1.165, 1.54) is 5.56 Å². The molecule has 2 fully saturated rings. The molecule has 31 heavy (non-hydrogen) atoms. The van der Waals surface area contributed by atoms with Crippen molar-refractivity contribution in [1.29, 1.82) is 0 Å². The third-order valence-electron chi connectivity index (χ3n) is 5.90. The topological polar surface area (TPSA) is 61.9 Å². The largest absolute Gasteiger partial charge is 0.379 e. The molecular formula is C24H28ClN3O3. The summed E-state index contributed by atoms with van der Waals surface area (Å²) in [6, 6.07) is 13.2. The minimum absolute atomic E-state index is 0.0457. The third-order valence-corrected chi connectivity index (χ3v) is 6.22. The first-order chi connectivity index (χ1) is 15.0. The summed E-state index contributed by atoms with van der Waals surface area (Å²) in [4.78, 5) is 29.3. The highest BCUT2D eigenvalue weighted by molar-refractivity contribution is 6.34. The van der Waals surface area contributed by atoms with Crippen LogP contribution in [-0.4, -0.2) is 56.1 Å². The van der Waals surface area contributed by atoms with Gasteiger partial charge in [0.05, 0.1) is 30.0 Å². The van der Waals surface area contributed by atoms with E-state index in [-0.39, 0.29) is 17.9 Å². The fourth-order valence-corrected chi connectivity index (χ4v) is 4.30. The highest BCUT2D eigenvalue weighted by atomic mass is 35.5. The molecule has 0 spiro atoms. The van der Waals surface area contributed by atoms with Crippen LogP contribution in [0.4, 0.5) is 5.69 Å². The molecule has 0 bridgehead atoms. The van der Waals surface area contributed by atoms with Gasteiger partial charge in [-0.15, -0.1) is 0 Å². The molecule has 0 aliphatic carbocycles. The predicted molar refractivity (Wildman–Crippen MR) is 122 cm³/mol. The lowest BCUT2D eigenvalue weighted by molar-refractivity contribution is -0.117. The van der Waals surface area contributed by atoms with Gasteiger partial charge >= 0.3 is 0 Å². The number of hydrogen-bond acceptors (Lipinski definition) is 4. The minimum atomic E-state index is -0.177. The Hall–Kier alpha value is -2.41. The fraction of sp³-hybridized carbons (Fsp3) is 0.417. The first-order valence-corrected chi connectivity index (χ1v) is 11.2. The van der Waals surface area contributed by atoms with Crippen LogP contribution in [0.25, 0.3) is 0 Å². The van der Waals surface area contributed by atoms with Gasteiger partial charge in [0, 0.05) is 38.2 Å². The molecule has 2 aromatic carbocycles. The lowest BCUT2D eigenvalue weighted by Gasteiger charge is -2.31.